The van der Waals surface area contributed by atoms with Crippen LogP contribution in [-0.2, 0) is 14.8 Å². The van der Waals surface area contributed by atoms with Crippen LogP contribution in [0.5, 0.6) is 11.5 Å². The molecule has 29 heavy (non-hydrogen) atoms. The molecule has 0 saturated carbocycles. The zero-order chi connectivity index (χ0) is 21.0. The summed E-state index contributed by atoms with van der Waals surface area (Å²) >= 11 is 0. The minimum atomic E-state index is -3.75. The van der Waals surface area contributed by atoms with Crippen LogP contribution in [0, 0.1) is 0 Å². The Morgan fingerprint density at radius 2 is 1.97 bits per heavy atom. The van der Waals surface area contributed by atoms with Crippen molar-refractivity contribution in [2.75, 3.05) is 27.4 Å². The summed E-state index contributed by atoms with van der Waals surface area (Å²) in [5, 5.41) is 16.0. The average Bonchev–Trinajstić information content (AvgIpc) is 2.99. The first kappa shape index (κ1) is 20.8. The van der Waals surface area contributed by atoms with Crippen LogP contribution >= 0.6 is 0 Å². The van der Waals surface area contributed by atoms with Crippen LogP contribution in [0.2, 0.25) is 0 Å². The van der Waals surface area contributed by atoms with Gasteiger partial charge in [0.05, 0.1) is 12.8 Å². The van der Waals surface area contributed by atoms with Gasteiger partial charge in [0.25, 0.3) is 10.0 Å². The molecule has 0 unspecified atom stereocenters. The Morgan fingerprint density at radius 3 is 2.69 bits per heavy atom. The van der Waals surface area contributed by atoms with E-state index in [1.807, 2.05) is 0 Å². The van der Waals surface area contributed by atoms with Crippen LogP contribution in [0.15, 0.2) is 56.9 Å². The summed E-state index contributed by atoms with van der Waals surface area (Å²) < 4.78 is 39.1. The lowest BCUT2D eigenvalue weighted by Gasteiger charge is -2.20. The number of phenols is 1. The van der Waals surface area contributed by atoms with Gasteiger partial charge in [-0.15, -0.1) is 4.40 Å². The number of nitrogens with zero attached hydrogens (tertiary/aromatic N) is 3. The molecule has 154 valence electrons. The van der Waals surface area contributed by atoms with Crippen molar-refractivity contribution in [1.82, 2.24) is 5.01 Å². The quantitative estimate of drug-likeness (QED) is 0.422. The molecule has 1 N–H and O–H groups in total. The topological polar surface area (TPSA) is 101 Å². The third-order valence-corrected chi connectivity index (χ3v) is 5.77. The van der Waals surface area contributed by atoms with Gasteiger partial charge < -0.3 is 14.6 Å². The molecule has 3 rings (SSSR count). The first-order chi connectivity index (χ1) is 13.9. The van der Waals surface area contributed by atoms with Crippen molar-refractivity contribution in [2.45, 2.75) is 18.2 Å². The summed E-state index contributed by atoms with van der Waals surface area (Å²) in [5.74, 6) is 0.636. The van der Waals surface area contributed by atoms with E-state index in [2.05, 4.69) is 9.50 Å². The molecule has 2 aromatic rings. The second kappa shape index (κ2) is 8.62. The monoisotopic (exact) mass is 417 g/mol. The summed E-state index contributed by atoms with van der Waals surface area (Å²) in [6.07, 6.45) is 0.632. The van der Waals surface area contributed by atoms with Gasteiger partial charge in [0.2, 0.25) is 0 Å². The predicted molar refractivity (Wildman–Crippen MR) is 110 cm³/mol. The van der Waals surface area contributed by atoms with Gasteiger partial charge in [0, 0.05) is 31.4 Å². The third-order valence-electron chi connectivity index (χ3n) is 4.44. The fourth-order valence-electron chi connectivity index (χ4n) is 2.98. The van der Waals surface area contributed by atoms with Gasteiger partial charge in [0.1, 0.15) is 4.90 Å². The molecule has 1 aliphatic heterocycles. The summed E-state index contributed by atoms with van der Waals surface area (Å²) in [7, 11) is -0.679. The highest BCUT2D eigenvalue weighted by Crippen LogP contribution is 2.29. The van der Waals surface area contributed by atoms with Crippen molar-refractivity contribution in [1.29, 1.82) is 0 Å². The van der Waals surface area contributed by atoms with Crippen LogP contribution in [-0.4, -0.2) is 57.5 Å². The van der Waals surface area contributed by atoms with Gasteiger partial charge in [-0.3, -0.25) is 0 Å². The smallest absolute Gasteiger partial charge is 0.285 e. The molecule has 0 bridgehead atoms. The number of amidine groups is 1. The Balaban J connectivity index is 2.01. The van der Waals surface area contributed by atoms with Gasteiger partial charge in [0.15, 0.2) is 17.3 Å². The van der Waals surface area contributed by atoms with E-state index >= 15 is 0 Å². The van der Waals surface area contributed by atoms with Gasteiger partial charge >= 0.3 is 0 Å². The molecule has 1 aliphatic rings. The number of sulfonamides is 1. The van der Waals surface area contributed by atoms with Crippen molar-refractivity contribution in [2.24, 2.45) is 9.50 Å². The van der Waals surface area contributed by atoms with E-state index in [1.165, 1.54) is 19.2 Å². The molecule has 1 heterocycles. The molecule has 0 amide bonds. The van der Waals surface area contributed by atoms with Crippen molar-refractivity contribution >= 4 is 21.6 Å². The number of fused-ring (bicyclic) bond motifs is 1. The average molecular weight is 417 g/mol. The fourth-order valence-corrected chi connectivity index (χ4v) is 4.18. The van der Waals surface area contributed by atoms with Crippen molar-refractivity contribution in [3.05, 3.63) is 53.6 Å². The first-order valence-corrected chi connectivity index (χ1v) is 10.4. The molecule has 0 aliphatic carbocycles. The molecule has 0 atom stereocenters. The van der Waals surface area contributed by atoms with E-state index in [0.29, 0.717) is 36.6 Å². The van der Waals surface area contributed by atoms with E-state index in [4.69, 9.17) is 9.47 Å². The molecule has 0 fully saturated rings. The Kier molecular flexibility index (Phi) is 6.19. The molecule has 0 spiro atoms. The maximum absolute atomic E-state index is 12.4. The number of phenolic OH excluding ortho intramolecular Hbond substituents is 1. The molecule has 0 saturated heterocycles. The molecule has 0 aromatic heterocycles. The van der Waals surface area contributed by atoms with Crippen LogP contribution in [0.3, 0.4) is 0 Å². The third kappa shape index (κ3) is 4.41. The zero-order valence-electron chi connectivity index (χ0n) is 16.5. The SMILES string of the molecule is COCCCN(/N=C(\C)c1ccc(O)c(OC)c1)C1=NS(=O)(=O)c2ccccc21. The maximum Gasteiger partial charge on any atom is 0.285 e. The number of ether oxygens (including phenoxy) is 2. The lowest BCUT2D eigenvalue weighted by Crippen LogP contribution is -2.29. The standard InChI is InChI=1S/C20H23N3O5S/c1-14(15-9-10-17(24)18(13-15)28-3)21-23(11-6-12-27-2)20-16-7-4-5-8-19(16)29(25,26)22-20/h4-5,7-10,13,24H,6,11-12H2,1-3H3/b21-14+. The first-order valence-electron chi connectivity index (χ1n) is 9.01. The normalized spacial score (nSPS) is 15.0. The Bertz CT molecular complexity index is 1060. The number of benzene rings is 2. The highest BCUT2D eigenvalue weighted by Gasteiger charge is 2.31. The van der Waals surface area contributed by atoms with Crippen molar-refractivity contribution in [3.8, 4) is 11.5 Å². The highest BCUT2D eigenvalue weighted by molar-refractivity contribution is 7.90. The molecular weight excluding hydrogens is 394 g/mol. The number of aromatic hydroxyl groups is 1. The summed E-state index contributed by atoms with van der Waals surface area (Å²) in [5.41, 5.74) is 1.86. The van der Waals surface area contributed by atoms with E-state index in [-0.39, 0.29) is 16.5 Å². The van der Waals surface area contributed by atoms with Gasteiger partial charge in [-0.05, 0) is 43.7 Å². The highest BCUT2D eigenvalue weighted by atomic mass is 32.2. The number of rotatable bonds is 7. The van der Waals surface area contributed by atoms with Crippen LogP contribution in [0.25, 0.3) is 0 Å². The zero-order valence-corrected chi connectivity index (χ0v) is 17.3. The van der Waals surface area contributed by atoms with Gasteiger partial charge in [-0.1, -0.05) is 12.1 Å². The lowest BCUT2D eigenvalue weighted by molar-refractivity contribution is 0.186. The van der Waals surface area contributed by atoms with Crippen LogP contribution in [0.4, 0.5) is 0 Å². The summed E-state index contributed by atoms with van der Waals surface area (Å²) in [6, 6.07) is 11.6. The summed E-state index contributed by atoms with van der Waals surface area (Å²) in [6.45, 7) is 2.72. The minimum absolute atomic E-state index is 0.0289. The molecule has 9 heteroatoms. The largest absolute Gasteiger partial charge is 0.504 e. The number of methoxy groups -OCH3 is 2. The lowest BCUT2D eigenvalue weighted by atomic mass is 10.1. The van der Waals surface area contributed by atoms with Gasteiger partial charge in [-0.25, -0.2) is 5.01 Å². The van der Waals surface area contributed by atoms with Crippen LogP contribution < -0.4 is 4.74 Å². The molecule has 8 nitrogen and oxygen atoms in total. The molecule has 2 aromatic carbocycles. The fraction of sp³-hybridized carbons (Fsp3) is 0.300. The second-order valence-electron chi connectivity index (χ2n) is 6.43. The number of hydrogen-bond donors (Lipinski definition) is 1. The molecule has 0 radical (unpaired) electrons. The number of hydrogen-bond acceptors (Lipinski definition) is 7. The van der Waals surface area contributed by atoms with Crippen molar-refractivity contribution in [3.63, 3.8) is 0 Å². The predicted octanol–water partition coefficient (Wildman–Crippen LogP) is 2.61. The maximum atomic E-state index is 12.4. The van der Waals surface area contributed by atoms with Gasteiger partial charge in [-0.2, -0.15) is 13.5 Å². The van der Waals surface area contributed by atoms with E-state index < -0.39 is 10.0 Å². The van der Waals surface area contributed by atoms with Crippen LogP contribution in [0.1, 0.15) is 24.5 Å². The van der Waals surface area contributed by atoms with E-state index in [1.54, 1.807) is 49.4 Å². The Labute approximate surface area is 170 Å². The molecular formula is C20H23N3O5S. The number of hydrazone groups is 1. The van der Waals surface area contributed by atoms with E-state index in [0.717, 1.165) is 5.56 Å². The second-order valence-corrected chi connectivity index (χ2v) is 8.00. The Morgan fingerprint density at radius 1 is 1.21 bits per heavy atom. The van der Waals surface area contributed by atoms with E-state index in [9.17, 15) is 13.5 Å². The summed E-state index contributed by atoms with van der Waals surface area (Å²) in [4.78, 5) is 0.172. The minimum Gasteiger partial charge on any atom is -0.504 e. The van der Waals surface area contributed by atoms with Crippen molar-refractivity contribution < 1.29 is 23.0 Å². The Hall–Kier alpha value is -2.91.